The maximum absolute atomic E-state index is 13.5. The molecule has 0 heterocycles. The molecule has 0 radical (unpaired) electrons. The highest BCUT2D eigenvalue weighted by Crippen LogP contribution is 2.50. The fourth-order valence-corrected chi connectivity index (χ4v) is 2.93. The number of halogens is 3. The largest absolute Gasteiger partial charge is 0.380 e. The Balaban J connectivity index is 1.78. The van der Waals surface area contributed by atoms with E-state index in [1.54, 1.807) is 0 Å². The molecule has 2 fully saturated rings. The van der Waals surface area contributed by atoms with Gasteiger partial charge in [-0.1, -0.05) is 12.8 Å². The number of anilines is 1. The molecule has 0 bridgehead atoms. The highest BCUT2D eigenvalue weighted by atomic mass is 19.2. The van der Waals surface area contributed by atoms with Crippen molar-refractivity contribution >= 4 is 5.69 Å². The molecule has 0 spiro atoms. The van der Waals surface area contributed by atoms with Crippen LogP contribution in [-0.4, -0.2) is 6.04 Å². The third kappa shape index (κ3) is 1.90. The summed E-state index contributed by atoms with van der Waals surface area (Å²) in [7, 11) is 0. The van der Waals surface area contributed by atoms with Gasteiger partial charge in [-0.2, -0.15) is 0 Å². The molecule has 3 rings (SSSR count). The van der Waals surface area contributed by atoms with E-state index < -0.39 is 17.5 Å². The summed E-state index contributed by atoms with van der Waals surface area (Å²) in [5, 5.41) is 3.03. The molecule has 2 aliphatic rings. The molecule has 1 aromatic rings. The number of fused-ring (bicyclic) bond motifs is 1. The predicted molar refractivity (Wildman–Crippen MR) is 59.2 cm³/mol. The van der Waals surface area contributed by atoms with Crippen LogP contribution in [0.1, 0.15) is 25.7 Å². The Morgan fingerprint density at radius 3 is 2.71 bits per heavy atom. The summed E-state index contributed by atoms with van der Waals surface area (Å²) in [5.74, 6) is -2.28. The van der Waals surface area contributed by atoms with Crippen molar-refractivity contribution < 1.29 is 13.2 Å². The lowest BCUT2D eigenvalue weighted by molar-refractivity contribution is 0.429. The van der Waals surface area contributed by atoms with Crippen LogP contribution in [0.15, 0.2) is 12.1 Å². The summed E-state index contributed by atoms with van der Waals surface area (Å²) in [6.45, 7) is 0. The van der Waals surface area contributed by atoms with Crippen LogP contribution in [-0.2, 0) is 0 Å². The van der Waals surface area contributed by atoms with Crippen LogP contribution < -0.4 is 5.32 Å². The first-order valence-electron chi connectivity index (χ1n) is 6.07. The molecule has 0 aliphatic heterocycles. The quantitative estimate of drug-likeness (QED) is 0.778. The monoisotopic (exact) mass is 241 g/mol. The second-order valence-corrected chi connectivity index (χ2v) is 5.06. The Morgan fingerprint density at radius 2 is 1.88 bits per heavy atom. The van der Waals surface area contributed by atoms with E-state index in [0.29, 0.717) is 5.92 Å². The third-order valence-corrected chi connectivity index (χ3v) is 3.96. The minimum absolute atomic E-state index is 0.0847. The smallest absolute Gasteiger partial charge is 0.196 e. The van der Waals surface area contributed by atoms with Crippen LogP contribution in [0, 0.1) is 29.3 Å². The zero-order chi connectivity index (χ0) is 12.0. The van der Waals surface area contributed by atoms with E-state index in [-0.39, 0.29) is 11.7 Å². The van der Waals surface area contributed by atoms with Gasteiger partial charge < -0.3 is 5.32 Å². The molecule has 0 saturated heterocycles. The highest BCUT2D eigenvalue weighted by molar-refractivity contribution is 5.46. The van der Waals surface area contributed by atoms with Crippen molar-refractivity contribution in [2.45, 2.75) is 31.7 Å². The molecule has 1 N–H and O–H groups in total. The molecular weight excluding hydrogens is 227 g/mol. The molecule has 4 heteroatoms. The summed E-state index contributed by atoms with van der Waals surface area (Å²) in [6.07, 6.45) is 4.55. The van der Waals surface area contributed by atoms with Gasteiger partial charge in [0.25, 0.3) is 0 Å². The van der Waals surface area contributed by atoms with Gasteiger partial charge in [0.15, 0.2) is 17.5 Å². The molecule has 2 saturated carbocycles. The first-order chi connectivity index (χ1) is 8.16. The van der Waals surface area contributed by atoms with Crippen LogP contribution in [0.5, 0.6) is 0 Å². The number of hydrogen-bond acceptors (Lipinski definition) is 1. The lowest BCUT2D eigenvalue weighted by Gasteiger charge is -2.24. The van der Waals surface area contributed by atoms with E-state index in [2.05, 4.69) is 5.32 Å². The summed E-state index contributed by atoms with van der Waals surface area (Å²) in [6, 6.07) is 2.46. The number of nitrogens with one attached hydrogen (secondary N) is 1. The number of benzene rings is 1. The van der Waals surface area contributed by atoms with Crippen LogP contribution in [0.4, 0.5) is 18.9 Å². The zero-order valence-electron chi connectivity index (χ0n) is 9.35. The SMILES string of the molecule is Fc1ccc(NC2CCC[C@H]3C[C@@H]23)c(F)c1F. The second-order valence-electron chi connectivity index (χ2n) is 5.06. The van der Waals surface area contributed by atoms with Crippen LogP contribution >= 0.6 is 0 Å². The Hall–Kier alpha value is -1.19. The molecule has 1 aromatic carbocycles. The normalized spacial score (nSPS) is 30.9. The summed E-state index contributed by atoms with van der Waals surface area (Å²) in [5.41, 5.74) is 0.0847. The fraction of sp³-hybridized carbons (Fsp3) is 0.538. The predicted octanol–water partition coefficient (Wildman–Crippen LogP) is 3.70. The number of rotatable bonds is 2. The van der Waals surface area contributed by atoms with E-state index in [4.69, 9.17) is 0 Å². The van der Waals surface area contributed by atoms with Crippen molar-refractivity contribution in [3.8, 4) is 0 Å². The highest BCUT2D eigenvalue weighted by Gasteiger charge is 2.45. The van der Waals surface area contributed by atoms with Gasteiger partial charge in [0, 0.05) is 6.04 Å². The Bertz CT molecular complexity index is 447. The van der Waals surface area contributed by atoms with E-state index in [9.17, 15) is 13.2 Å². The zero-order valence-corrected chi connectivity index (χ0v) is 9.35. The molecule has 2 aliphatic carbocycles. The minimum Gasteiger partial charge on any atom is -0.380 e. The maximum Gasteiger partial charge on any atom is 0.196 e. The summed E-state index contributed by atoms with van der Waals surface area (Å²) < 4.78 is 39.3. The molecule has 1 unspecified atom stereocenters. The summed E-state index contributed by atoms with van der Waals surface area (Å²) in [4.78, 5) is 0. The van der Waals surface area contributed by atoms with Crippen molar-refractivity contribution in [1.29, 1.82) is 0 Å². The lowest BCUT2D eigenvalue weighted by Crippen LogP contribution is -2.26. The van der Waals surface area contributed by atoms with E-state index in [0.717, 1.165) is 24.8 Å². The van der Waals surface area contributed by atoms with Crippen molar-refractivity contribution in [3.63, 3.8) is 0 Å². The fourth-order valence-electron chi connectivity index (χ4n) is 2.93. The molecular formula is C13H14F3N. The Kier molecular flexibility index (Phi) is 2.53. The lowest BCUT2D eigenvalue weighted by atomic mass is 9.95. The van der Waals surface area contributed by atoms with Crippen LogP contribution in [0.2, 0.25) is 0 Å². The third-order valence-electron chi connectivity index (χ3n) is 3.96. The Labute approximate surface area is 98.0 Å². The van der Waals surface area contributed by atoms with Crippen molar-refractivity contribution in [2.75, 3.05) is 5.32 Å². The molecule has 1 nitrogen and oxygen atoms in total. The van der Waals surface area contributed by atoms with E-state index in [1.807, 2.05) is 0 Å². The Morgan fingerprint density at radius 1 is 1.06 bits per heavy atom. The van der Waals surface area contributed by atoms with Gasteiger partial charge in [0.05, 0.1) is 5.69 Å². The topological polar surface area (TPSA) is 12.0 Å². The molecule has 17 heavy (non-hydrogen) atoms. The van der Waals surface area contributed by atoms with Crippen LogP contribution in [0.3, 0.4) is 0 Å². The standard InChI is InChI=1S/C13H14F3N/c14-9-4-5-11(13(16)12(9)15)17-10-3-1-2-7-6-8(7)10/h4-5,7-8,10,17H,1-3,6H2/t7-,8+,10?/m0/s1. The first-order valence-corrected chi connectivity index (χ1v) is 6.07. The van der Waals surface area contributed by atoms with Crippen molar-refractivity contribution in [1.82, 2.24) is 0 Å². The molecule has 0 amide bonds. The number of hydrogen-bond donors (Lipinski definition) is 1. The molecule has 92 valence electrons. The van der Waals surface area contributed by atoms with Crippen LogP contribution in [0.25, 0.3) is 0 Å². The van der Waals surface area contributed by atoms with Crippen molar-refractivity contribution in [2.24, 2.45) is 11.8 Å². The van der Waals surface area contributed by atoms with Gasteiger partial charge in [0.1, 0.15) is 0 Å². The average molecular weight is 241 g/mol. The second kappa shape index (κ2) is 3.93. The van der Waals surface area contributed by atoms with Crippen molar-refractivity contribution in [3.05, 3.63) is 29.6 Å². The van der Waals surface area contributed by atoms with Gasteiger partial charge in [-0.15, -0.1) is 0 Å². The van der Waals surface area contributed by atoms with Gasteiger partial charge in [-0.3, -0.25) is 0 Å². The maximum atomic E-state index is 13.5. The minimum atomic E-state index is -1.39. The first kappa shape index (κ1) is 10.9. The van der Waals surface area contributed by atoms with Gasteiger partial charge in [-0.05, 0) is 36.8 Å². The van der Waals surface area contributed by atoms with E-state index in [1.165, 1.54) is 18.9 Å². The molecule has 0 aromatic heterocycles. The van der Waals surface area contributed by atoms with Gasteiger partial charge in [0.2, 0.25) is 0 Å². The van der Waals surface area contributed by atoms with Gasteiger partial charge >= 0.3 is 0 Å². The van der Waals surface area contributed by atoms with E-state index >= 15 is 0 Å². The average Bonchev–Trinajstić information content (AvgIpc) is 3.10. The molecule has 3 atom stereocenters. The summed E-state index contributed by atoms with van der Waals surface area (Å²) >= 11 is 0. The van der Waals surface area contributed by atoms with Gasteiger partial charge in [-0.25, -0.2) is 13.2 Å².